The van der Waals surface area contributed by atoms with Crippen LogP contribution in [0.1, 0.15) is 52.9 Å². The van der Waals surface area contributed by atoms with Crippen molar-refractivity contribution in [1.82, 2.24) is 10.6 Å². The topological polar surface area (TPSA) is 70.6 Å². The molecule has 22 heavy (non-hydrogen) atoms. The van der Waals surface area contributed by atoms with Gasteiger partial charge in [-0.05, 0) is 25.7 Å². The molecular formula is C15H34IN3O2S. The molecule has 0 aromatic carbocycles. The van der Waals surface area contributed by atoms with Crippen LogP contribution < -0.4 is 10.6 Å². The molecule has 0 aliphatic rings. The molecule has 0 saturated carbocycles. The first kappa shape index (κ1) is 24.2. The van der Waals surface area contributed by atoms with Crippen molar-refractivity contribution >= 4 is 39.8 Å². The maximum atomic E-state index is 11.1. The predicted octanol–water partition coefficient (Wildman–Crippen LogP) is 2.81. The first-order chi connectivity index (χ1) is 9.92. The van der Waals surface area contributed by atoms with Gasteiger partial charge in [-0.15, -0.1) is 24.0 Å². The number of nitrogens with zero attached hydrogens (tertiary/aromatic N) is 1. The van der Waals surface area contributed by atoms with Gasteiger partial charge in [-0.25, -0.2) is 8.42 Å². The molecule has 5 nitrogen and oxygen atoms in total. The Morgan fingerprint density at radius 3 is 2.32 bits per heavy atom. The number of hydrogen-bond donors (Lipinski definition) is 2. The highest BCUT2D eigenvalue weighted by molar-refractivity contribution is 14.0. The summed E-state index contributed by atoms with van der Waals surface area (Å²) in [7, 11) is -2.87. The Balaban J connectivity index is 0. The minimum atomic E-state index is -2.87. The fraction of sp³-hybridized carbons (Fsp3) is 0.933. The number of nitrogens with one attached hydrogen (secondary N) is 2. The van der Waals surface area contributed by atoms with Crippen molar-refractivity contribution < 1.29 is 8.42 Å². The van der Waals surface area contributed by atoms with Crippen LogP contribution in [0.5, 0.6) is 0 Å². The van der Waals surface area contributed by atoms with E-state index in [2.05, 4.69) is 29.5 Å². The van der Waals surface area contributed by atoms with E-state index in [1.165, 1.54) is 25.5 Å². The van der Waals surface area contributed by atoms with Gasteiger partial charge in [0, 0.05) is 25.9 Å². The Bertz CT molecular complexity index is 386. The van der Waals surface area contributed by atoms with Crippen molar-refractivity contribution in [2.45, 2.75) is 52.9 Å². The van der Waals surface area contributed by atoms with E-state index in [4.69, 9.17) is 0 Å². The Kier molecular flexibility index (Phi) is 16.0. The van der Waals surface area contributed by atoms with E-state index in [9.17, 15) is 8.42 Å². The molecule has 7 heteroatoms. The predicted molar refractivity (Wildman–Crippen MR) is 107 cm³/mol. The quantitative estimate of drug-likeness (QED) is 0.221. The number of guanidine groups is 1. The zero-order chi connectivity index (χ0) is 16.1. The number of unbranched alkanes of at least 4 members (excludes halogenated alkanes) is 1. The van der Waals surface area contributed by atoms with Gasteiger partial charge in [-0.1, -0.05) is 33.1 Å². The maximum Gasteiger partial charge on any atom is 0.191 e. The lowest BCUT2D eigenvalue weighted by atomic mass is 10.00. The second kappa shape index (κ2) is 14.5. The maximum absolute atomic E-state index is 11.1. The Morgan fingerprint density at radius 1 is 1.14 bits per heavy atom. The van der Waals surface area contributed by atoms with Crippen LogP contribution in [0.4, 0.5) is 0 Å². The summed E-state index contributed by atoms with van der Waals surface area (Å²) in [6.45, 7) is 8.72. The zero-order valence-corrected chi connectivity index (χ0v) is 17.7. The Hall–Kier alpha value is -0.0500. The normalized spacial score (nSPS) is 13.4. The van der Waals surface area contributed by atoms with Crippen LogP contribution in [-0.2, 0) is 9.84 Å². The average Bonchev–Trinajstić information content (AvgIpc) is 2.42. The van der Waals surface area contributed by atoms with Crippen molar-refractivity contribution in [3.8, 4) is 0 Å². The van der Waals surface area contributed by atoms with Crippen molar-refractivity contribution in [1.29, 1.82) is 0 Å². The van der Waals surface area contributed by atoms with E-state index in [0.29, 0.717) is 18.9 Å². The van der Waals surface area contributed by atoms with Gasteiger partial charge in [-0.2, -0.15) is 0 Å². The van der Waals surface area contributed by atoms with E-state index in [1.807, 2.05) is 6.92 Å². The lowest BCUT2D eigenvalue weighted by Gasteiger charge is -2.15. The standard InChI is InChI=1S/C15H33N3O2S.HI/c1-5-8-10-14(6-2)13-18-15(16-7-3)17-11-9-12-21(4,19)20;/h14H,5-13H2,1-4H3,(H2,16,17,18);1H. The first-order valence-corrected chi connectivity index (χ1v) is 10.2. The van der Waals surface area contributed by atoms with Crippen molar-refractivity contribution in [3.63, 3.8) is 0 Å². The third-order valence-electron chi connectivity index (χ3n) is 3.38. The molecule has 0 aromatic rings. The molecule has 0 bridgehead atoms. The summed E-state index contributed by atoms with van der Waals surface area (Å²) in [5.74, 6) is 1.64. The number of hydrogen-bond acceptors (Lipinski definition) is 3. The van der Waals surface area contributed by atoms with Crippen LogP contribution in [0.2, 0.25) is 0 Å². The molecule has 0 spiro atoms. The van der Waals surface area contributed by atoms with E-state index < -0.39 is 9.84 Å². The molecule has 1 atom stereocenters. The molecule has 0 amide bonds. The molecule has 0 fully saturated rings. The highest BCUT2D eigenvalue weighted by Gasteiger charge is 2.06. The highest BCUT2D eigenvalue weighted by Crippen LogP contribution is 2.12. The van der Waals surface area contributed by atoms with E-state index in [-0.39, 0.29) is 29.7 Å². The average molecular weight is 447 g/mol. The van der Waals surface area contributed by atoms with Crippen LogP contribution in [-0.4, -0.2) is 46.0 Å². The molecule has 0 rings (SSSR count). The van der Waals surface area contributed by atoms with Gasteiger partial charge in [0.25, 0.3) is 0 Å². The molecule has 0 aliphatic carbocycles. The van der Waals surface area contributed by atoms with Crippen LogP contribution >= 0.6 is 24.0 Å². The fourth-order valence-corrected chi connectivity index (χ4v) is 2.69. The summed E-state index contributed by atoms with van der Waals surface area (Å²) in [5.41, 5.74) is 0. The Labute approximate surface area is 154 Å². The molecule has 0 aromatic heterocycles. The van der Waals surface area contributed by atoms with Crippen molar-refractivity contribution in [3.05, 3.63) is 0 Å². The van der Waals surface area contributed by atoms with Crippen molar-refractivity contribution in [2.75, 3.05) is 31.6 Å². The SMILES string of the molecule is CCCCC(CC)CN=C(NCC)NCCCS(C)(=O)=O.I. The molecule has 0 aliphatic heterocycles. The molecule has 0 heterocycles. The summed E-state index contributed by atoms with van der Waals surface area (Å²) in [5, 5.41) is 6.41. The molecule has 2 N–H and O–H groups in total. The molecule has 134 valence electrons. The summed E-state index contributed by atoms with van der Waals surface area (Å²) in [6.07, 6.45) is 6.74. The van der Waals surface area contributed by atoms with Gasteiger partial charge < -0.3 is 10.6 Å². The number of sulfone groups is 1. The minimum Gasteiger partial charge on any atom is -0.357 e. The lowest BCUT2D eigenvalue weighted by Crippen LogP contribution is -2.38. The van der Waals surface area contributed by atoms with Crippen LogP contribution in [0.3, 0.4) is 0 Å². The van der Waals surface area contributed by atoms with Gasteiger partial charge in [-0.3, -0.25) is 4.99 Å². The summed E-state index contributed by atoms with van der Waals surface area (Å²) >= 11 is 0. The summed E-state index contributed by atoms with van der Waals surface area (Å²) in [6, 6.07) is 0. The summed E-state index contributed by atoms with van der Waals surface area (Å²) in [4.78, 5) is 4.62. The van der Waals surface area contributed by atoms with Gasteiger partial charge in [0.2, 0.25) is 0 Å². The van der Waals surface area contributed by atoms with Gasteiger partial charge in [0.1, 0.15) is 9.84 Å². The largest absolute Gasteiger partial charge is 0.357 e. The molecule has 0 saturated heterocycles. The number of rotatable bonds is 11. The smallest absolute Gasteiger partial charge is 0.191 e. The van der Waals surface area contributed by atoms with Crippen molar-refractivity contribution in [2.24, 2.45) is 10.9 Å². The molecule has 1 unspecified atom stereocenters. The lowest BCUT2D eigenvalue weighted by molar-refractivity contribution is 0.461. The molecular weight excluding hydrogens is 413 g/mol. The third kappa shape index (κ3) is 14.9. The monoisotopic (exact) mass is 447 g/mol. The third-order valence-corrected chi connectivity index (χ3v) is 4.41. The van der Waals surface area contributed by atoms with E-state index in [0.717, 1.165) is 25.5 Å². The van der Waals surface area contributed by atoms with Crippen LogP contribution in [0, 0.1) is 5.92 Å². The minimum absolute atomic E-state index is 0. The zero-order valence-electron chi connectivity index (χ0n) is 14.5. The number of aliphatic imine (C=N–C) groups is 1. The van der Waals surface area contributed by atoms with Crippen LogP contribution in [0.25, 0.3) is 0 Å². The molecule has 0 radical (unpaired) electrons. The van der Waals surface area contributed by atoms with Gasteiger partial charge >= 0.3 is 0 Å². The second-order valence-electron chi connectivity index (χ2n) is 5.55. The summed E-state index contributed by atoms with van der Waals surface area (Å²) < 4.78 is 22.2. The second-order valence-corrected chi connectivity index (χ2v) is 7.81. The van der Waals surface area contributed by atoms with Gasteiger partial charge in [0.05, 0.1) is 5.75 Å². The highest BCUT2D eigenvalue weighted by atomic mass is 127. The van der Waals surface area contributed by atoms with E-state index >= 15 is 0 Å². The Morgan fingerprint density at radius 2 is 1.82 bits per heavy atom. The fourth-order valence-electron chi connectivity index (χ4n) is 2.02. The van der Waals surface area contributed by atoms with E-state index in [1.54, 1.807) is 0 Å². The first-order valence-electron chi connectivity index (χ1n) is 8.12. The van der Waals surface area contributed by atoms with Crippen LogP contribution in [0.15, 0.2) is 4.99 Å². The van der Waals surface area contributed by atoms with Gasteiger partial charge in [0.15, 0.2) is 5.96 Å². The number of halogens is 1.